The van der Waals surface area contributed by atoms with Crippen LogP contribution in [0.5, 0.6) is 0 Å². The normalized spacial score (nSPS) is 22.7. The van der Waals surface area contributed by atoms with E-state index < -0.39 is 0 Å². The fraction of sp³-hybridized carbons (Fsp3) is 0.222. The van der Waals surface area contributed by atoms with Crippen LogP contribution in [0.1, 0.15) is 17.2 Å². The van der Waals surface area contributed by atoms with Gasteiger partial charge in [-0.1, -0.05) is 24.3 Å². The molecule has 1 aliphatic rings. The Morgan fingerprint density at radius 3 is 3.00 bits per heavy atom. The van der Waals surface area contributed by atoms with Gasteiger partial charge in [-0.3, -0.25) is 0 Å². The molecule has 2 rings (SSSR count). The van der Waals surface area contributed by atoms with Crippen LogP contribution in [0.4, 0.5) is 0 Å². The average molecular weight is 131 g/mol. The molecule has 0 bridgehead atoms. The highest BCUT2D eigenvalue weighted by molar-refractivity contribution is 5.34. The summed E-state index contributed by atoms with van der Waals surface area (Å²) in [6, 6.07) is 8.29. The third-order valence-electron chi connectivity index (χ3n) is 1.90. The first-order chi connectivity index (χ1) is 4.88. The van der Waals surface area contributed by atoms with Crippen molar-refractivity contribution in [2.45, 2.75) is 12.6 Å². The highest BCUT2D eigenvalue weighted by Crippen LogP contribution is 2.23. The maximum absolute atomic E-state index is 5.74. The first kappa shape index (κ1) is 5.93. The predicted molar refractivity (Wildman–Crippen MR) is 40.3 cm³/mol. The summed E-state index contributed by atoms with van der Waals surface area (Å²) in [6.07, 6.45) is 0. The Morgan fingerprint density at radius 2 is 2.20 bits per heavy atom. The fourth-order valence-corrected chi connectivity index (χ4v) is 1.33. The van der Waals surface area contributed by atoms with Crippen molar-refractivity contribution in [3.63, 3.8) is 0 Å². The number of benzene rings is 1. The van der Waals surface area contributed by atoms with Gasteiger partial charge in [0.15, 0.2) is 0 Å². The van der Waals surface area contributed by atoms with Gasteiger partial charge in [0.1, 0.15) is 0 Å². The molecule has 2 radical (unpaired) electrons. The van der Waals surface area contributed by atoms with Crippen molar-refractivity contribution in [3.8, 4) is 0 Å². The molecule has 0 aromatic heterocycles. The standard InChI is InChI=1S/C9H9N/c1-7-9-5-3-2-4-8(9)6-10-7/h1-5,7,10H,6H2. The minimum absolute atomic E-state index is 0.0520. The van der Waals surface area contributed by atoms with Crippen molar-refractivity contribution in [2.24, 2.45) is 0 Å². The summed E-state index contributed by atoms with van der Waals surface area (Å²) in [5.74, 6) is 0. The molecule has 50 valence electrons. The SMILES string of the molecule is [CH]C1NCc2ccccc21. The maximum atomic E-state index is 5.74. The molecule has 10 heavy (non-hydrogen) atoms. The van der Waals surface area contributed by atoms with Gasteiger partial charge in [0.25, 0.3) is 0 Å². The monoisotopic (exact) mass is 131 g/mol. The molecule has 0 fully saturated rings. The van der Waals surface area contributed by atoms with Gasteiger partial charge in [-0.15, -0.1) is 0 Å². The zero-order valence-corrected chi connectivity index (χ0v) is 5.67. The van der Waals surface area contributed by atoms with Crippen LogP contribution in [0, 0.1) is 6.92 Å². The lowest BCUT2D eigenvalue weighted by atomic mass is 10.1. The van der Waals surface area contributed by atoms with E-state index in [2.05, 4.69) is 17.4 Å². The Balaban J connectivity index is 2.51. The van der Waals surface area contributed by atoms with Gasteiger partial charge in [-0.05, 0) is 18.1 Å². The van der Waals surface area contributed by atoms with E-state index in [9.17, 15) is 0 Å². The first-order valence-electron chi connectivity index (χ1n) is 3.45. The summed E-state index contributed by atoms with van der Waals surface area (Å²) in [5, 5.41) is 3.16. The van der Waals surface area contributed by atoms with Crippen LogP contribution < -0.4 is 5.32 Å². The molecular formula is C9H9N. The lowest BCUT2D eigenvalue weighted by molar-refractivity contribution is 0.683. The van der Waals surface area contributed by atoms with E-state index in [4.69, 9.17) is 6.92 Å². The molecule has 1 aliphatic heterocycles. The largest absolute Gasteiger partial charge is 0.306 e. The molecule has 1 aromatic carbocycles. The molecule has 0 saturated heterocycles. The summed E-state index contributed by atoms with van der Waals surface area (Å²) < 4.78 is 0. The molecule has 1 atom stereocenters. The van der Waals surface area contributed by atoms with E-state index in [1.165, 1.54) is 11.1 Å². The smallest absolute Gasteiger partial charge is 0.0361 e. The Bertz CT molecular complexity index is 242. The van der Waals surface area contributed by atoms with E-state index in [1.54, 1.807) is 0 Å². The number of fused-ring (bicyclic) bond motifs is 1. The molecule has 0 aliphatic carbocycles. The zero-order chi connectivity index (χ0) is 6.97. The van der Waals surface area contributed by atoms with Gasteiger partial charge in [0.2, 0.25) is 0 Å². The van der Waals surface area contributed by atoms with Gasteiger partial charge < -0.3 is 5.32 Å². The van der Waals surface area contributed by atoms with Crippen LogP contribution >= 0.6 is 0 Å². The van der Waals surface area contributed by atoms with Crippen molar-refractivity contribution in [1.82, 2.24) is 5.32 Å². The zero-order valence-electron chi connectivity index (χ0n) is 5.67. The third-order valence-corrected chi connectivity index (χ3v) is 1.90. The molecule has 0 amide bonds. The second-order valence-electron chi connectivity index (χ2n) is 2.56. The number of hydrogen-bond acceptors (Lipinski definition) is 1. The topological polar surface area (TPSA) is 12.0 Å². The van der Waals surface area contributed by atoms with Crippen LogP contribution in [0.2, 0.25) is 0 Å². The quantitative estimate of drug-likeness (QED) is 0.563. The highest BCUT2D eigenvalue weighted by atomic mass is 14.9. The van der Waals surface area contributed by atoms with Crippen molar-refractivity contribution in [1.29, 1.82) is 0 Å². The van der Waals surface area contributed by atoms with Crippen LogP contribution in [0.3, 0.4) is 0 Å². The van der Waals surface area contributed by atoms with E-state index in [0.29, 0.717) is 0 Å². The second-order valence-corrected chi connectivity index (χ2v) is 2.56. The van der Waals surface area contributed by atoms with Gasteiger partial charge in [0, 0.05) is 12.6 Å². The summed E-state index contributed by atoms with van der Waals surface area (Å²) in [6.45, 7) is 6.65. The van der Waals surface area contributed by atoms with E-state index >= 15 is 0 Å². The molecule has 1 heteroatoms. The van der Waals surface area contributed by atoms with Crippen molar-refractivity contribution in [2.75, 3.05) is 0 Å². The van der Waals surface area contributed by atoms with Gasteiger partial charge in [-0.25, -0.2) is 0 Å². The van der Waals surface area contributed by atoms with Gasteiger partial charge in [-0.2, -0.15) is 0 Å². The predicted octanol–water partition coefficient (Wildman–Crippen LogP) is 1.54. The highest BCUT2D eigenvalue weighted by Gasteiger charge is 2.15. The van der Waals surface area contributed by atoms with Crippen molar-refractivity contribution < 1.29 is 0 Å². The Hall–Kier alpha value is -0.820. The fourth-order valence-electron chi connectivity index (χ4n) is 1.33. The van der Waals surface area contributed by atoms with E-state index in [0.717, 1.165) is 6.54 Å². The molecule has 1 aromatic rings. The molecule has 0 saturated carbocycles. The number of hydrogen-bond donors (Lipinski definition) is 1. The van der Waals surface area contributed by atoms with Crippen LogP contribution in [-0.2, 0) is 6.54 Å². The van der Waals surface area contributed by atoms with Crippen LogP contribution in [-0.4, -0.2) is 0 Å². The van der Waals surface area contributed by atoms with E-state index in [-0.39, 0.29) is 6.04 Å². The summed E-state index contributed by atoms with van der Waals surface area (Å²) in [5.41, 5.74) is 2.57. The van der Waals surface area contributed by atoms with Gasteiger partial charge in [0.05, 0.1) is 0 Å². The minimum Gasteiger partial charge on any atom is -0.306 e. The third kappa shape index (κ3) is 0.745. The summed E-state index contributed by atoms with van der Waals surface area (Å²) in [7, 11) is 0. The Labute approximate surface area is 61.1 Å². The van der Waals surface area contributed by atoms with Crippen LogP contribution in [0.15, 0.2) is 24.3 Å². The Morgan fingerprint density at radius 1 is 1.40 bits per heavy atom. The number of nitrogens with one attached hydrogen (secondary N) is 1. The van der Waals surface area contributed by atoms with Gasteiger partial charge >= 0.3 is 0 Å². The average Bonchev–Trinajstić information content (AvgIpc) is 2.34. The molecule has 1 unspecified atom stereocenters. The second kappa shape index (κ2) is 2.10. The lowest BCUT2D eigenvalue weighted by Crippen LogP contribution is -2.07. The molecule has 1 N–H and O–H groups in total. The first-order valence-corrected chi connectivity index (χ1v) is 3.45. The van der Waals surface area contributed by atoms with Crippen LogP contribution in [0.25, 0.3) is 0 Å². The van der Waals surface area contributed by atoms with E-state index in [1.807, 2.05) is 12.1 Å². The minimum atomic E-state index is 0.0520. The number of rotatable bonds is 0. The molecule has 0 spiro atoms. The van der Waals surface area contributed by atoms with Crippen molar-refractivity contribution in [3.05, 3.63) is 42.3 Å². The maximum Gasteiger partial charge on any atom is 0.0361 e. The summed E-state index contributed by atoms with van der Waals surface area (Å²) >= 11 is 0. The Kier molecular flexibility index (Phi) is 1.24. The van der Waals surface area contributed by atoms with Crippen molar-refractivity contribution >= 4 is 0 Å². The summed E-state index contributed by atoms with van der Waals surface area (Å²) in [4.78, 5) is 0. The molecular weight excluding hydrogens is 122 g/mol. The lowest BCUT2D eigenvalue weighted by Gasteiger charge is -2.01. The molecule has 1 heterocycles. The molecule has 1 nitrogen and oxygen atoms in total.